The van der Waals surface area contributed by atoms with Crippen molar-refractivity contribution in [2.75, 3.05) is 0 Å². The van der Waals surface area contributed by atoms with Crippen molar-refractivity contribution in [2.24, 2.45) is 11.3 Å². The molecule has 0 unspecified atom stereocenters. The second-order valence-electron chi connectivity index (χ2n) is 6.83. The van der Waals surface area contributed by atoms with Crippen LogP contribution in [0.2, 0.25) is 0 Å². The van der Waals surface area contributed by atoms with Crippen LogP contribution in [-0.4, -0.2) is 22.6 Å². The summed E-state index contributed by atoms with van der Waals surface area (Å²) < 4.78 is 5.44. The minimum atomic E-state index is -1.02. The quantitative estimate of drug-likeness (QED) is 0.741. The highest BCUT2D eigenvalue weighted by Crippen LogP contribution is 2.48. The van der Waals surface area contributed by atoms with Crippen molar-refractivity contribution >= 4 is 11.9 Å². The predicted octanol–water partition coefficient (Wildman–Crippen LogP) is 2.92. The van der Waals surface area contributed by atoms with E-state index in [0.29, 0.717) is 18.8 Å². The van der Waals surface area contributed by atoms with Crippen LogP contribution >= 0.6 is 0 Å². The third kappa shape index (κ3) is 2.28. The highest BCUT2D eigenvalue weighted by Gasteiger charge is 2.52. The zero-order valence-electron chi connectivity index (χ0n) is 12.1. The van der Waals surface area contributed by atoms with Gasteiger partial charge in [0.2, 0.25) is 0 Å². The third-order valence-electron chi connectivity index (χ3n) is 4.66. The van der Waals surface area contributed by atoms with E-state index in [4.69, 9.17) is 4.74 Å². The molecule has 0 aromatic rings. The van der Waals surface area contributed by atoms with Gasteiger partial charge in [-0.15, -0.1) is 0 Å². The molecule has 4 nitrogen and oxygen atoms in total. The lowest BCUT2D eigenvalue weighted by Gasteiger charge is -2.41. The Labute approximate surface area is 113 Å². The average Bonchev–Trinajstić information content (AvgIpc) is 2.50. The number of carbonyl (C=O) groups is 2. The van der Waals surface area contributed by atoms with E-state index >= 15 is 0 Å². The molecule has 1 heterocycles. The van der Waals surface area contributed by atoms with Gasteiger partial charge in [0.05, 0.1) is 5.57 Å². The molecule has 0 bridgehead atoms. The van der Waals surface area contributed by atoms with Crippen LogP contribution in [-0.2, 0) is 14.3 Å². The first-order valence-corrected chi connectivity index (χ1v) is 6.85. The third-order valence-corrected chi connectivity index (χ3v) is 4.66. The number of ether oxygens (including phenoxy) is 1. The van der Waals surface area contributed by atoms with Gasteiger partial charge in [-0.2, -0.15) is 0 Å². The fourth-order valence-electron chi connectivity index (χ4n) is 3.41. The van der Waals surface area contributed by atoms with Crippen LogP contribution in [0.1, 0.15) is 53.4 Å². The number of rotatable bonds is 1. The minimum absolute atomic E-state index is 0.185. The number of hydrogen-bond acceptors (Lipinski definition) is 3. The van der Waals surface area contributed by atoms with E-state index in [9.17, 15) is 14.7 Å². The summed E-state index contributed by atoms with van der Waals surface area (Å²) in [5.41, 5.74) is -0.201. The number of carboxylic acids is 1. The van der Waals surface area contributed by atoms with E-state index in [2.05, 4.69) is 20.8 Å². The van der Waals surface area contributed by atoms with Gasteiger partial charge < -0.3 is 9.84 Å². The van der Waals surface area contributed by atoms with E-state index in [-0.39, 0.29) is 16.6 Å². The molecule has 4 heteroatoms. The molecule has 2 aliphatic rings. The molecule has 0 amide bonds. The largest absolute Gasteiger partial charge is 0.478 e. The first-order chi connectivity index (χ1) is 8.67. The summed E-state index contributed by atoms with van der Waals surface area (Å²) in [6, 6.07) is 0. The van der Waals surface area contributed by atoms with Crippen molar-refractivity contribution in [1.29, 1.82) is 0 Å². The fraction of sp³-hybridized carbons (Fsp3) is 0.733. The highest BCUT2D eigenvalue weighted by atomic mass is 16.6. The smallest absolute Gasteiger partial charge is 0.336 e. The van der Waals surface area contributed by atoms with Crippen LogP contribution in [0, 0.1) is 11.3 Å². The first kappa shape index (κ1) is 14.1. The van der Waals surface area contributed by atoms with E-state index in [0.717, 1.165) is 12.8 Å². The number of carboxylic acid groups (broad SMARTS) is 1. The molecular formula is C15H22O4. The normalized spacial score (nSPS) is 31.8. The van der Waals surface area contributed by atoms with Gasteiger partial charge >= 0.3 is 11.9 Å². The van der Waals surface area contributed by atoms with Crippen molar-refractivity contribution in [2.45, 2.75) is 59.0 Å². The lowest BCUT2D eigenvalue weighted by Crippen LogP contribution is -2.41. The van der Waals surface area contributed by atoms with Gasteiger partial charge in [-0.1, -0.05) is 20.8 Å². The van der Waals surface area contributed by atoms with Crippen LogP contribution in [0.25, 0.3) is 0 Å². The van der Waals surface area contributed by atoms with Crippen molar-refractivity contribution in [1.82, 2.24) is 0 Å². The van der Waals surface area contributed by atoms with Crippen molar-refractivity contribution in [3.63, 3.8) is 0 Å². The molecule has 0 aromatic carbocycles. The first-order valence-electron chi connectivity index (χ1n) is 6.85. The molecule has 1 saturated carbocycles. The maximum atomic E-state index is 11.7. The average molecular weight is 266 g/mol. The highest BCUT2D eigenvalue weighted by molar-refractivity contribution is 6.04. The summed E-state index contributed by atoms with van der Waals surface area (Å²) in [6.07, 6.45) is 3.06. The maximum absolute atomic E-state index is 11.7. The van der Waals surface area contributed by atoms with Crippen molar-refractivity contribution in [3.8, 4) is 0 Å². The summed E-state index contributed by atoms with van der Waals surface area (Å²) in [5.74, 6) is -0.933. The molecule has 106 valence electrons. The summed E-state index contributed by atoms with van der Waals surface area (Å²) in [6.45, 7) is 8.16. The summed E-state index contributed by atoms with van der Waals surface area (Å²) in [7, 11) is 0. The molecular weight excluding hydrogens is 244 g/mol. The van der Waals surface area contributed by atoms with Crippen LogP contribution in [0.15, 0.2) is 11.1 Å². The monoisotopic (exact) mass is 266 g/mol. The van der Waals surface area contributed by atoms with Crippen molar-refractivity contribution in [3.05, 3.63) is 11.1 Å². The number of esters is 1. The van der Waals surface area contributed by atoms with E-state index in [1.807, 2.05) is 0 Å². The Balaban J connectivity index is 2.24. The van der Waals surface area contributed by atoms with Gasteiger partial charge in [0, 0.05) is 5.57 Å². The number of aliphatic carboxylic acids is 1. The molecule has 1 fully saturated rings. The van der Waals surface area contributed by atoms with E-state index in [1.165, 1.54) is 0 Å². The molecule has 2 rings (SSSR count). The molecule has 0 atom stereocenters. The van der Waals surface area contributed by atoms with Gasteiger partial charge in [-0.05, 0) is 43.9 Å². The summed E-state index contributed by atoms with van der Waals surface area (Å²) in [5, 5.41) is 9.35. The van der Waals surface area contributed by atoms with E-state index < -0.39 is 17.5 Å². The second kappa shape index (κ2) is 4.36. The zero-order chi connectivity index (χ0) is 14.4. The van der Waals surface area contributed by atoms with Crippen LogP contribution < -0.4 is 0 Å². The summed E-state index contributed by atoms with van der Waals surface area (Å²) in [4.78, 5) is 23.1. The topological polar surface area (TPSA) is 63.6 Å². The lowest BCUT2D eigenvalue weighted by atomic mass is 9.66. The van der Waals surface area contributed by atoms with E-state index in [1.54, 1.807) is 6.92 Å². The molecule has 0 saturated heterocycles. The second-order valence-corrected chi connectivity index (χ2v) is 6.83. The minimum Gasteiger partial charge on any atom is -0.478 e. The Morgan fingerprint density at radius 3 is 2.26 bits per heavy atom. The van der Waals surface area contributed by atoms with Gasteiger partial charge in [-0.3, -0.25) is 0 Å². The fourth-order valence-corrected chi connectivity index (χ4v) is 3.41. The number of hydrogen-bond donors (Lipinski definition) is 1. The maximum Gasteiger partial charge on any atom is 0.336 e. The van der Waals surface area contributed by atoms with Crippen LogP contribution in [0.4, 0.5) is 0 Å². The predicted molar refractivity (Wildman–Crippen MR) is 70.6 cm³/mol. The Kier molecular flexibility index (Phi) is 3.23. The van der Waals surface area contributed by atoms with Gasteiger partial charge in [0.25, 0.3) is 0 Å². The van der Waals surface area contributed by atoms with Crippen LogP contribution in [0.3, 0.4) is 0 Å². The Hall–Kier alpha value is -1.32. The summed E-state index contributed by atoms with van der Waals surface area (Å²) >= 11 is 0. The lowest BCUT2D eigenvalue weighted by molar-refractivity contribution is -0.152. The molecule has 1 N–H and O–H groups in total. The Morgan fingerprint density at radius 1 is 1.32 bits per heavy atom. The molecule has 1 spiro atoms. The zero-order valence-corrected chi connectivity index (χ0v) is 12.1. The Morgan fingerprint density at radius 2 is 1.84 bits per heavy atom. The molecule has 0 radical (unpaired) electrons. The molecule has 0 aromatic heterocycles. The van der Waals surface area contributed by atoms with Gasteiger partial charge in [0.15, 0.2) is 0 Å². The molecule has 1 aliphatic carbocycles. The van der Waals surface area contributed by atoms with Gasteiger partial charge in [0.1, 0.15) is 5.60 Å². The SMILES string of the molecule is CC1=C(C(=O)O)C2(CCC(C(C)(C)C)CC2)OC1=O. The Bertz CT molecular complexity index is 445. The van der Waals surface area contributed by atoms with Crippen molar-refractivity contribution < 1.29 is 19.4 Å². The standard InChI is InChI=1S/C15H22O4/c1-9-11(12(16)17)15(19-13(9)18)7-5-10(6-8-15)14(2,3)4/h10H,5-8H2,1-4H3,(H,16,17). The van der Waals surface area contributed by atoms with Gasteiger partial charge in [-0.25, -0.2) is 9.59 Å². The number of carbonyl (C=O) groups excluding carboxylic acids is 1. The molecule has 1 aliphatic heterocycles. The molecule has 19 heavy (non-hydrogen) atoms. The van der Waals surface area contributed by atoms with Crippen LogP contribution in [0.5, 0.6) is 0 Å².